The lowest BCUT2D eigenvalue weighted by atomic mass is 10.1. The number of amides is 1. The summed E-state index contributed by atoms with van der Waals surface area (Å²) in [7, 11) is 0. The third kappa shape index (κ3) is 3.89. The minimum Gasteiger partial charge on any atom is -0.391 e. The maximum absolute atomic E-state index is 13.3. The minimum absolute atomic E-state index is 0. The van der Waals surface area contributed by atoms with E-state index in [0.29, 0.717) is 30.8 Å². The molecule has 0 aromatic heterocycles. The molecule has 1 aromatic rings. The molecule has 1 heterocycles. The SMILES string of the molecule is Cc1ccc(C(=O)NCC2CNCC2O)cc1F.Cl. The quantitative estimate of drug-likeness (QED) is 0.773. The van der Waals surface area contributed by atoms with E-state index in [2.05, 4.69) is 10.6 Å². The maximum atomic E-state index is 13.3. The Balaban J connectivity index is 0.00000180. The lowest BCUT2D eigenvalue weighted by Crippen LogP contribution is -2.34. The topological polar surface area (TPSA) is 61.4 Å². The number of hydrogen-bond donors (Lipinski definition) is 3. The van der Waals surface area contributed by atoms with Gasteiger partial charge in [0.15, 0.2) is 0 Å². The smallest absolute Gasteiger partial charge is 0.251 e. The highest BCUT2D eigenvalue weighted by atomic mass is 35.5. The monoisotopic (exact) mass is 288 g/mol. The van der Waals surface area contributed by atoms with Crippen LogP contribution in [0.3, 0.4) is 0 Å². The Morgan fingerprint density at radius 1 is 1.53 bits per heavy atom. The van der Waals surface area contributed by atoms with Crippen LogP contribution in [0.4, 0.5) is 4.39 Å². The summed E-state index contributed by atoms with van der Waals surface area (Å²) in [6.45, 7) is 3.28. The molecule has 1 aliphatic rings. The summed E-state index contributed by atoms with van der Waals surface area (Å²) < 4.78 is 13.3. The van der Waals surface area contributed by atoms with Gasteiger partial charge in [-0.2, -0.15) is 0 Å². The van der Waals surface area contributed by atoms with Crippen molar-refractivity contribution >= 4 is 18.3 Å². The largest absolute Gasteiger partial charge is 0.391 e. The standard InChI is InChI=1S/C13H17FN2O2.ClH/c1-8-2-3-9(4-11(8)14)13(18)16-6-10-5-15-7-12(10)17;/h2-4,10,12,15,17H,5-7H2,1H3,(H,16,18);1H. The second kappa shape index (κ2) is 6.84. The van der Waals surface area contributed by atoms with Crippen molar-refractivity contribution in [1.82, 2.24) is 10.6 Å². The van der Waals surface area contributed by atoms with Crippen LogP contribution in [0.25, 0.3) is 0 Å². The number of nitrogens with one attached hydrogen (secondary N) is 2. The van der Waals surface area contributed by atoms with Crippen LogP contribution in [-0.4, -0.2) is 36.8 Å². The van der Waals surface area contributed by atoms with Crippen molar-refractivity contribution in [2.75, 3.05) is 19.6 Å². The molecular weight excluding hydrogens is 271 g/mol. The predicted octanol–water partition coefficient (Wildman–Crippen LogP) is 0.866. The van der Waals surface area contributed by atoms with Crippen molar-refractivity contribution in [3.8, 4) is 0 Å². The lowest BCUT2D eigenvalue weighted by molar-refractivity contribution is 0.0926. The summed E-state index contributed by atoms with van der Waals surface area (Å²) in [5.74, 6) is -0.678. The fourth-order valence-electron chi connectivity index (χ4n) is 1.99. The minimum atomic E-state index is -0.431. The van der Waals surface area contributed by atoms with Crippen LogP contribution in [-0.2, 0) is 0 Å². The first-order valence-corrected chi connectivity index (χ1v) is 6.01. The molecule has 0 aliphatic carbocycles. The van der Waals surface area contributed by atoms with E-state index in [1.807, 2.05) is 0 Å². The second-order valence-electron chi connectivity index (χ2n) is 4.66. The summed E-state index contributed by atoms with van der Waals surface area (Å²) in [5.41, 5.74) is 0.820. The molecule has 1 amide bonds. The zero-order chi connectivity index (χ0) is 13.1. The van der Waals surface area contributed by atoms with E-state index in [-0.39, 0.29) is 30.0 Å². The number of benzene rings is 1. The number of β-amino-alcohol motifs (C(OH)–C–C–N with tert-alkyl or cyclic N) is 1. The lowest BCUT2D eigenvalue weighted by Gasteiger charge is -2.14. The van der Waals surface area contributed by atoms with Crippen molar-refractivity contribution in [2.24, 2.45) is 5.92 Å². The molecule has 1 aliphatic heterocycles. The van der Waals surface area contributed by atoms with Crippen LogP contribution in [0.5, 0.6) is 0 Å². The van der Waals surface area contributed by atoms with E-state index in [1.165, 1.54) is 6.07 Å². The number of aliphatic hydroxyl groups excluding tert-OH is 1. The molecule has 1 fully saturated rings. The normalized spacial score (nSPS) is 21.8. The van der Waals surface area contributed by atoms with Crippen LogP contribution >= 0.6 is 12.4 Å². The maximum Gasteiger partial charge on any atom is 0.251 e. The van der Waals surface area contributed by atoms with E-state index in [4.69, 9.17) is 0 Å². The van der Waals surface area contributed by atoms with Crippen LogP contribution in [0.15, 0.2) is 18.2 Å². The molecule has 0 radical (unpaired) electrons. The number of carbonyl (C=O) groups is 1. The second-order valence-corrected chi connectivity index (χ2v) is 4.66. The Labute approximate surface area is 117 Å². The molecule has 4 nitrogen and oxygen atoms in total. The van der Waals surface area contributed by atoms with E-state index < -0.39 is 6.10 Å². The summed E-state index contributed by atoms with van der Waals surface area (Å²) in [6.07, 6.45) is -0.431. The van der Waals surface area contributed by atoms with Gasteiger partial charge in [0.2, 0.25) is 0 Å². The average Bonchev–Trinajstić information content (AvgIpc) is 2.75. The van der Waals surface area contributed by atoms with Gasteiger partial charge in [0.25, 0.3) is 5.91 Å². The number of halogens is 2. The Kier molecular flexibility index (Phi) is 5.72. The van der Waals surface area contributed by atoms with Gasteiger partial charge >= 0.3 is 0 Å². The summed E-state index contributed by atoms with van der Waals surface area (Å²) in [5, 5.41) is 15.3. The van der Waals surface area contributed by atoms with Crippen molar-refractivity contribution in [2.45, 2.75) is 13.0 Å². The highest BCUT2D eigenvalue weighted by Crippen LogP contribution is 2.10. The highest BCUT2D eigenvalue weighted by Gasteiger charge is 2.25. The average molecular weight is 289 g/mol. The molecule has 1 saturated heterocycles. The number of rotatable bonds is 3. The molecule has 2 rings (SSSR count). The zero-order valence-corrected chi connectivity index (χ0v) is 11.5. The molecule has 2 atom stereocenters. The van der Waals surface area contributed by atoms with Crippen LogP contribution in [0.1, 0.15) is 15.9 Å². The fourth-order valence-corrected chi connectivity index (χ4v) is 1.99. The van der Waals surface area contributed by atoms with Gasteiger partial charge in [0.1, 0.15) is 5.82 Å². The Hall–Kier alpha value is -1.17. The van der Waals surface area contributed by atoms with Crippen molar-refractivity contribution in [1.29, 1.82) is 0 Å². The summed E-state index contributed by atoms with van der Waals surface area (Å²) in [6, 6.07) is 4.40. The van der Waals surface area contributed by atoms with Crippen molar-refractivity contribution < 1.29 is 14.3 Å². The van der Waals surface area contributed by atoms with E-state index in [1.54, 1.807) is 19.1 Å². The number of aliphatic hydroxyl groups is 1. The molecule has 19 heavy (non-hydrogen) atoms. The molecule has 2 unspecified atom stereocenters. The predicted molar refractivity (Wildman–Crippen MR) is 73.1 cm³/mol. The number of hydrogen-bond acceptors (Lipinski definition) is 3. The van der Waals surface area contributed by atoms with E-state index in [0.717, 1.165) is 0 Å². The number of carbonyl (C=O) groups excluding carboxylic acids is 1. The Morgan fingerprint density at radius 3 is 2.84 bits per heavy atom. The van der Waals surface area contributed by atoms with Gasteiger partial charge in [0.05, 0.1) is 6.10 Å². The molecule has 3 N–H and O–H groups in total. The number of aryl methyl sites for hydroxylation is 1. The van der Waals surface area contributed by atoms with Gasteiger partial charge in [-0.25, -0.2) is 4.39 Å². The highest BCUT2D eigenvalue weighted by molar-refractivity contribution is 5.94. The third-order valence-electron chi connectivity index (χ3n) is 3.26. The summed E-state index contributed by atoms with van der Waals surface area (Å²) in [4.78, 5) is 11.8. The van der Waals surface area contributed by atoms with Gasteiger partial charge in [-0.3, -0.25) is 4.79 Å². The molecule has 0 saturated carbocycles. The molecule has 106 valence electrons. The molecular formula is C13H18ClFN2O2. The van der Waals surface area contributed by atoms with E-state index in [9.17, 15) is 14.3 Å². The van der Waals surface area contributed by atoms with Gasteiger partial charge in [0, 0.05) is 31.1 Å². The van der Waals surface area contributed by atoms with Crippen LogP contribution in [0, 0.1) is 18.7 Å². The Bertz CT molecular complexity index is 456. The summed E-state index contributed by atoms with van der Waals surface area (Å²) >= 11 is 0. The zero-order valence-electron chi connectivity index (χ0n) is 10.6. The van der Waals surface area contributed by atoms with Gasteiger partial charge < -0.3 is 15.7 Å². The van der Waals surface area contributed by atoms with Crippen molar-refractivity contribution in [3.05, 3.63) is 35.1 Å². The van der Waals surface area contributed by atoms with Crippen LogP contribution < -0.4 is 10.6 Å². The van der Waals surface area contributed by atoms with Gasteiger partial charge in [-0.15, -0.1) is 12.4 Å². The van der Waals surface area contributed by atoms with Gasteiger partial charge in [-0.05, 0) is 24.6 Å². The first kappa shape index (κ1) is 15.9. The third-order valence-corrected chi connectivity index (χ3v) is 3.26. The van der Waals surface area contributed by atoms with Gasteiger partial charge in [-0.1, -0.05) is 6.07 Å². The first-order chi connectivity index (χ1) is 8.58. The first-order valence-electron chi connectivity index (χ1n) is 6.01. The molecule has 6 heteroatoms. The van der Waals surface area contributed by atoms with E-state index >= 15 is 0 Å². The molecule has 1 aromatic carbocycles. The molecule has 0 bridgehead atoms. The molecule has 0 spiro atoms. The Morgan fingerprint density at radius 2 is 2.26 bits per heavy atom. The van der Waals surface area contributed by atoms with Crippen LogP contribution in [0.2, 0.25) is 0 Å². The fraction of sp³-hybridized carbons (Fsp3) is 0.462. The van der Waals surface area contributed by atoms with Crippen molar-refractivity contribution in [3.63, 3.8) is 0 Å².